The summed E-state index contributed by atoms with van der Waals surface area (Å²) in [6.07, 6.45) is 3.16. The van der Waals surface area contributed by atoms with Gasteiger partial charge >= 0.3 is 0 Å². The van der Waals surface area contributed by atoms with Crippen LogP contribution in [0.15, 0.2) is 42.5 Å². The Hall–Kier alpha value is -1.96. The smallest absolute Gasteiger partial charge is 0.129 e. The van der Waals surface area contributed by atoms with Gasteiger partial charge in [0, 0.05) is 12.3 Å². The summed E-state index contributed by atoms with van der Waals surface area (Å²) in [7, 11) is 0. The average Bonchev–Trinajstić information content (AvgIpc) is 2.62. The SMILES string of the molecule is CC(=O)CCC1c2ccccc2CCc2cc(F)ccc21. The molecular weight excluding hydrogens is 263 g/mol. The van der Waals surface area contributed by atoms with Gasteiger partial charge in [-0.15, -0.1) is 0 Å². The first-order valence-electron chi connectivity index (χ1n) is 7.50. The zero-order chi connectivity index (χ0) is 14.8. The summed E-state index contributed by atoms with van der Waals surface area (Å²) in [6, 6.07) is 13.5. The van der Waals surface area contributed by atoms with E-state index in [-0.39, 0.29) is 17.5 Å². The fraction of sp³-hybridized carbons (Fsp3) is 0.316. The molecule has 3 rings (SSSR count). The van der Waals surface area contributed by atoms with Gasteiger partial charge in [0.05, 0.1) is 0 Å². The van der Waals surface area contributed by atoms with Crippen LogP contribution in [0.1, 0.15) is 47.9 Å². The molecule has 0 saturated heterocycles. The van der Waals surface area contributed by atoms with Crippen molar-refractivity contribution in [3.63, 3.8) is 0 Å². The van der Waals surface area contributed by atoms with Crippen LogP contribution in [0.3, 0.4) is 0 Å². The summed E-state index contributed by atoms with van der Waals surface area (Å²) in [6.45, 7) is 1.63. The van der Waals surface area contributed by atoms with E-state index in [0.717, 1.165) is 24.8 Å². The third-order valence-corrected chi connectivity index (χ3v) is 4.36. The highest BCUT2D eigenvalue weighted by Crippen LogP contribution is 2.37. The monoisotopic (exact) mass is 282 g/mol. The number of Topliss-reactive ketones (excluding diaryl/α,β-unsaturated/α-hetero) is 1. The van der Waals surface area contributed by atoms with Crippen molar-refractivity contribution in [2.24, 2.45) is 0 Å². The highest BCUT2D eigenvalue weighted by Gasteiger charge is 2.23. The Balaban J connectivity index is 2.08. The van der Waals surface area contributed by atoms with E-state index in [9.17, 15) is 9.18 Å². The molecule has 108 valence electrons. The van der Waals surface area contributed by atoms with Crippen molar-refractivity contribution < 1.29 is 9.18 Å². The Kier molecular flexibility index (Phi) is 3.87. The van der Waals surface area contributed by atoms with Gasteiger partial charge in [-0.1, -0.05) is 30.3 Å². The van der Waals surface area contributed by atoms with Gasteiger partial charge in [-0.2, -0.15) is 0 Å². The molecule has 0 saturated carbocycles. The standard InChI is InChI=1S/C19H19FO/c1-13(21)6-10-19-17-5-3-2-4-14(17)7-8-15-12-16(20)9-11-18(15)19/h2-5,9,11-12,19H,6-8,10H2,1H3. The van der Waals surface area contributed by atoms with Crippen LogP contribution in [0, 0.1) is 5.82 Å². The van der Waals surface area contributed by atoms with Crippen LogP contribution in [-0.4, -0.2) is 5.78 Å². The number of carbonyl (C=O) groups excluding carboxylic acids is 1. The number of aryl methyl sites for hydroxylation is 2. The van der Waals surface area contributed by atoms with Gasteiger partial charge in [0.25, 0.3) is 0 Å². The summed E-state index contributed by atoms with van der Waals surface area (Å²) < 4.78 is 13.5. The minimum atomic E-state index is -0.176. The Bertz CT molecular complexity index is 675. The first kappa shape index (κ1) is 14.0. The van der Waals surface area contributed by atoms with E-state index in [1.54, 1.807) is 13.0 Å². The lowest BCUT2D eigenvalue weighted by Crippen LogP contribution is -2.06. The molecule has 2 aromatic rings. The van der Waals surface area contributed by atoms with E-state index in [4.69, 9.17) is 0 Å². The van der Waals surface area contributed by atoms with Crippen LogP contribution in [0.2, 0.25) is 0 Å². The van der Waals surface area contributed by atoms with Gasteiger partial charge in [-0.3, -0.25) is 0 Å². The van der Waals surface area contributed by atoms with Crippen LogP contribution >= 0.6 is 0 Å². The lowest BCUT2D eigenvalue weighted by Gasteiger charge is -2.20. The van der Waals surface area contributed by atoms with Crippen LogP contribution in [0.25, 0.3) is 0 Å². The van der Waals surface area contributed by atoms with E-state index < -0.39 is 0 Å². The van der Waals surface area contributed by atoms with Gasteiger partial charge < -0.3 is 4.79 Å². The van der Waals surface area contributed by atoms with Gasteiger partial charge in [0.1, 0.15) is 11.6 Å². The molecule has 1 aliphatic rings. The maximum Gasteiger partial charge on any atom is 0.129 e. The summed E-state index contributed by atoms with van der Waals surface area (Å²) in [5.74, 6) is 0.230. The minimum Gasteiger partial charge on any atom is -0.300 e. The molecule has 2 heteroatoms. The van der Waals surface area contributed by atoms with Crippen molar-refractivity contribution >= 4 is 5.78 Å². The molecule has 0 aliphatic heterocycles. The third-order valence-electron chi connectivity index (χ3n) is 4.36. The number of benzene rings is 2. The van der Waals surface area contributed by atoms with E-state index >= 15 is 0 Å². The van der Waals surface area contributed by atoms with Crippen molar-refractivity contribution in [1.82, 2.24) is 0 Å². The van der Waals surface area contributed by atoms with Crippen LogP contribution in [0.4, 0.5) is 4.39 Å². The highest BCUT2D eigenvalue weighted by molar-refractivity contribution is 5.75. The second-order valence-electron chi connectivity index (χ2n) is 5.84. The number of ketones is 1. The normalized spacial score (nSPS) is 16.8. The Labute approximate surface area is 124 Å². The van der Waals surface area contributed by atoms with Gasteiger partial charge in [-0.25, -0.2) is 4.39 Å². The maximum absolute atomic E-state index is 13.5. The lowest BCUT2D eigenvalue weighted by molar-refractivity contribution is -0.117. The van der Waals surface area contributed by atoms with Crippen LogP contribution < -0.4 is 0 Å². The zero-order valence-corrected chi connectivity index (χ0v) is 12.2. The summed E-state index contributed by atoms with van der Waals surface area (Å²) in [4.78, 5) is 11.4. The molecular formula is C19H19FO. The molecule has 1 aliphatic carbocycles. The zero-order valence-electron chi connectivity index (χ0n) is 12.2. The van der Waals surface area contributed by atoms with E-state index in [2.05, 4.69) is 18.2 Å². The largest absolute Gasteiger partial charge is 0.300 e. The van der Waals surface area contributed by atoms with Gasteiger partial charge in [-0.05, 0) is 60.6 Å². The first-order valence-corrected chi connectivity index (χ1v) is 7.50. The molecule has 2 aromatic carbocycles. The predicted octanol–water partition coefficient (Wildman–Crippen LogP) is 4.43. The molecule has 0 bridgehead atoms. The summed E-state index contributed by atoms with van der Waals surface area (Å²) in [5.41, 5.74) is 4.88. The second-order valence-corrected chi connectivity index (χ2v) is 5.84. The number of hydrogen-bond donors (Lipinski definition) is 0. The minimum absolute atomic E-state index is 0.176. The van der Waals surface area contributed by atoms with E-state index in [1.807, 2.05) is 12.1 Å². The molecule has 0 aromatic heterocycles. The number of hydrogen-bond acceptors (Lipinski definition) is 1. The topological polar surface area (TPSA) is 17.1 Å². The molecule has 21 heavy (non-hydrogen) atoms. The fourth-order valence-corrected chi connectivity index (χ4v) is 3.33. The van der Waals surface area contributed by atoms with Crippen molar-refractivity contribution in [2.75, 3.05) is 0 Å². The Morgan fingerprint density at radius 1 is 1.10 bits per heavy atom. The fourth-order valence-electron chi connectivity index (χ4n) is 3.33. The first-order chi connectivity index (χ1) is 10.1. The quantitative estimate of drug-likeness (QED) is 0.814. The summed E-state index contributed by atoms with van der Waals surface area (Å²) in [5, 5.41) is 0. The average molecular weight is 282 g/mol. The Morgan fingerprint density at radius 2 is 1.81 bits per heavy atom. The molecule has 1 unspecified atom stereocenters. The highest BCUT2D eigenvalue weighted by atomic mass is 19.1. The third kappa shape index (κ3) is 2.90. The van der Waals surface area contributed by atoms with Gasteiger partial charge in [0.15, 0.2) is 0 Å². The number of rotatable bonds is 3. The Morgan fingerprint density at radius 3 is 2.62 bits per heavy atom. The lowest BCUT2D eigenvalue weighted by atomic mass is 9.84. The molecule has 0 amide bonds. The molecule has 0 heterocycles. The molecule has 0 radical (unpaired) electrons. The number of halogens is 1. The molecule has 0 fully saturated rings. The van der Waals surface area contributed by atoms with Crippen molar-refractivity contribution in [3.05, 3.63) is 70.5 Å². The van der Waals surface area contributed by atoms with Crippen LogP contribution in [-0.2, 0) is 17.6 Å². The van der Waals surface area contributed by atoms with E-state index in [0.29, 0.717) is 6.42 Å². The van der Waals surface area contributed by atoms with E-state index in [1.165, 1.54) is 22.8 Å². The molecule has 0 spiro atoms. The van der Waals surface area contributed by atoms with Crippen molar-refractivity contribution in [3.8, 4) is 0 Å². The number of carbonyl (C=O) groups is 1. The molecule has 0 N–H and O–H groups in total. The van der Waals surface area contributed by atoms with Crippen molar-refractivity contribution in [1.29, 1.82) is 0 Å². The maximum atomic E-state index is 13.5. The van der Waals surface area contributed by atoms with Crippen LogP contribution in [0.5, 0.6) is 0 Å². The number of fused-ring (bicyclic) bond motifs is 2. The second kappa shape index (κ2) is 5.80. The molecule has 1 nitrogen and oxygen atoms in total. The van der Waals surface area contributed by atoms with Gasteiger partial charge in [0.2, 0.25) is 0 Å². The predicted molar refractivity (Wildman–Crippen MR) is 82.0 cm³/mol. The summed E-state index contributed by atoms with van der Waals surface area (Å²) >= 11 is 0. The molecule has 1 atom stereocenters. The van der Waals surface area contributed by atoms with Crippen molar-refractivity contribution in [2.45, 2.75) is 38.5 Å².